The van der Waals surface area contributed by atoms with E-state index in [-0.39, 0.29) is 12.5 Å². The highest BCUT2D eigenvalue weighted by molar-refractivity contribution is 5.95. The van der Waals surface area contributed by atoms with Gasteiger partial charge in [-0.3, -0.25) is 14.9 Å². The Labute approximate surface area is 153 Å². The van der Waals surface area contributed by atoms with Crippen LogP contribution in [-0.4, -0.2) is 30.6 Å². The van der Waals surface area contributed by atoms with Crippen molar-refractivity contribution in [2.45, 2.75) is 63.8 Å². The van der Waals surface area contributed by atoms with Crippen LogP contribution >= 0.6 is 0 Å². The second kappa shape index (κ2) is 8.83. The largest absolute Gasteiger partial charge is 0.455 e. The first-order chi connectivity index (χ1) is 12.6. The van der Waals surface area contributed by atoms with Crippen molar-refractivity contribution in [3.05, 3.63) is 34.9 Å². The molecule has 140 valence electrons. The lowest BCUT2D eigenvalue weighted by Crippen LogP contribution is -2.45. The van der Waals surface area contributed by atoms with E-state index >= 15 is 0 Å². The van der Waals surface area contributed by atoms with Gasteiger partial charge >= 0.3 is 12.0 Å². The van der Waals surface area contributed by atoms with Crippen molar-refractivity contribution in [1.29, 1.82) is 0 Å². The van der Waals surface area contributed by atoms with E-state index in [0.29, 0.717) is 0 Å². The molecule has 1 saturated carbocycles. The fourth-order valence-corrected chi connectivity index (χ4v) is 3.71. The highest BCUT2D eigenvalue weighted by atomic mass is 16.5. The number of aryl methyl sites for hydroxylation is 2. The van der Waals surface area contributed by atoms with Crippen molar-refractivity contribution in [1.82, 2.24) is 10.6 Å². The Hall–Kier alpha value is -2.37. The van der Waals surface area contributed by atoms with Crippen LogP contribution in [0.4, 0.5) is 4.79 Å². The maximum atomic E-state index is 11.9. The van der Waals surface area contributed by atoms with E-state index in [2.05, 4.69) is 22.8 Å². The molecule has 0 aliphatic heterocycles. The first-order valence-electron chi connectivity index (χ1n) is 9.47. The summed E-state index contributed by atoms with van der Waals surface area (Å²) in [7, 11) is 0. The third kappa shape index (κ3) is 5.31. The van der Waals surface area contributed by atoms with E-state index in [1.165, 1.54) is 24.0 Å². The summed E-state index contributed by atoms with van der Waals surface area (Å²) in [4.78, 5) is 35.4. The minimum atomic E-state index is -0.612. The maximum Gasteiger partial charge on any atom is 0.321 e. The zero-order chi connectivity index (χ0) is 18.4. The number of imide groups is 1. The fourth-order valence-electron chi connectivity index (χ4n) is 3.71. The highest BCUT2D eigenvalue weighted by Crippen LogP contribution is 2.22. The number of carbonyl (C=O) groups excluding carboxylic acids is 3. The van der Waals surface area contributed by atoms with Gasteiger partial charge in [0.25, 0.3) is 5.91 Å². The second-order valence-electron chi connectivity index (χ2n) is 7.15. The van der Waals surface area contributed by atoms with Gasteiger partial charge in [0.1, 0.15) is 0 Å². The van der Waals surface area contributed by atoms with E-state index in [0.717, 1.165) is 44.1 Å². The van der Waals surface area contributed by atoms with Crippen LogP contribution in [0.5, 0.6) is 0 Å². The third-order valence-electron chi connectivity index (χ3n) is 5.07. The summed E-state index contributed by atoms with van der Waals surface area (Å²) in [5.41, 5.74) is 3.57. The lowest BCUT2D eigenvalue weighted by atomic mass is 9.90. The highest BCUT2D eigenvalue weighted by Gasteiger charge is 2.19. The van der Waals surface area contributed by atoms with Gasteiger partial charge in [-0.25, -0.2) is 4.79 Å². The summed E-state index contributed by atoms with van der Waals surface area (Å²) in [5.74, 6) is -1.08. The molecular weight excluding hydrogens is 332 g/mol. The number of amides is 3. The van der Waals surface area contributed by atoms with Gasteiger partial charge in [0.05, 0.1) is 6.42 Å². The Morgan fingerprint density at radius 3 is 2.50 bits per heavy atom. The molecule has 2 N–H and O–H groups in total. The zero-order valence-corrected chi connectivity index (χ0v) is 15.0. The van der Waals surface area contributed by atoms with E-state index < -0.39 is 24.5 Å². The summed E-state index contributed by atoms with van der Waals surface area (Å²) in [6.07, 6.45) is 8.77. The van der Waals surface area contributed by atoms with E-state index in [1.807, 2.05) is 6.07 Å². The van der Waals surface area contributed by atoms with Crippen molar-refractivity contribution in [2.75, 3.05) is 6.61 Å². The van der Waals surface area contributed by atoms with Crippen LogP contribution in [0.15, 0.2) is 18.2 Å². The molecule has 0 saturated heterocycles. The monoisotopic (exact) mass is 358 g/mol. The number of hydrogen-bond acceptors (Lipinski definition) is 4. The van der Waals surface area contributed by atoms with Gasteiger partial charge in [-0.15, -0.1) is 0 Å². The summed E-state index contributed by atoms with van der Waals surface area (Å²) in [6, 6.07) is 5.70. The number of fused-ring (bicyclic) bond motifs is 1. The Morgan fingerprint density at radius 2 is 1.73 bits per heavy atom. The molecule has 2 aliphatic carbocycles. The number of urea groups is 1. The van der Waals surface area contributed by atoms with E-state index in [9.17, 15) is 14.4 Å². The van der Waals surface area contributed by atoms with Crippen molar-refractivity contribution in [3.63, 3.8) is 0 Å². The molecule has 0 radical (unpaired) electrons. The molecule has 3 amide bonds. The van der Waals surface area contributed by atoms with Crippen molar-refractivity contribution in [2.24, 2.45) is 0 Å². The summed E-state index contributed by atoms with van der Waals surface area (Å²) < 4.78 is 4.99. The number of benzene rings is 1. The molecule has 0 bridgehead atoms. The smallest absolute Gasteiger partial charge is 0.321 e. The minimum Gasteiger partial charge on any atom is -0.455 e. The average molecular weight is 358 g/mol. The van der Waals surface area contributed by atoms with Crippen LogP contribution in [0, 0.1) is 0 Å². The molecule has 0 heterocycles. The minimum absolute atomic E-state index is 0.134. The summed E-state index contributed by atoms with van der Waals surface area (Å²) >= 11 is 0. The van der Waals surface area contributed by atoms with E-state index in [4.69, 9.17) is 4.74 Å². The Morgan fingerprint density at radius 1 is 1.00 bits per heavy atom. The molecule has 1 fully saturated rings. The fraction of sp³-hybridized carbons (Fsp3) is 0.550. The third-order valence-corrected chi connectivity index (χ3v) is 5.07. The first-order valence-corrected chi connectivity index (χ1v) is 9.47. The predicted molar refractivity (Wildman–Crippen MR) is 96.7 cm³/mol. The number of nitrogens with one attached hydrogen (secondary N) is 2. The van der Waals surface area contributed by atoms with Gasteiger partial charge in [-0.1, -0.05) is 31.0 Å². The Balaban J connectivity index is 1.39. The van der Waals surface area contributed by atoms with Crippen molar-refractivity contribution >= 4 is 17.9 Å². The van der Waals surface area contributed by atoms with Gasteiger partial charge in [0.2, 0.25) is 0 Å². The molecule has 6 heteroatoms. The first kappa shape index (κ1) is 18.4. The summed E-state index contributed by atoms with van der Waals surface area (Å²) in [6.45, 7) is -0.443. The quantitative estimate of drug-likeness (QED) is 0.792. The molecule has 6 nitrogen and oxygen atoms in total. The number of ether oxygens (including phenoxy) is 1. The predicted octanol–water partition coefficient (Wildman–Crippen LogP) is 2.42. The van der Waals surface area contributed by atoms with Crippen molar-refractivity contribution in [3.8, 4) is 0 Å². The SMILES string of the molecule is O=C(COC(=O)Cc1ccc2c(c1)CCCC2)NC(=O)NC1CCCC1. The van der Waals surface area contributed by atoms with Crippen LogP contribution in [-0.2, 0) is 33.6 Å². The number of carbonyl (C=O) groups is 3. The molecule has 0 unspecified atom stereocenters. The molecule has 3 rings (SSSR count). The molecule has 0 spiro atoms. The van der Waals surface area contributed by atoms with Gasteiger partial charge in [-0.05, 0) is 55.2 Å². The van der Waals surface area contributed by atoms with Gasteiger partial charge in [-0.2, -0.15) is 0 Å². The standard InChI is InChI=1S/C20H26N2O4/c23-18(22-20(25)21-17-7-3-4-8-17)13-26-19(24)12-14-9-10-15-5-1-2-6-16(15)11-14/h9-11,17H,1-8,12-13H2,(H2,21,22,23,25). The van der Waals surface area contributed by atoms with Gasteiger partial charge in [0, 0.05) is 6.04 Å². The number of esters is 1. The lowest BCUT2D eigenvalue weighted by Gasteiger charge is -2.16. The summed E-state index contributed by atoms with van der Waals surface area (Å²) in [5, 5.41) is 4.96. The molecule has 26 heavy (non-hydrogen) atoms. The van der Waals surface area contributed by atoms with Gasteiger partial charge in [0.15, 0.2) is 6.61 Å². The van der Waals surface area contributed by atoms with Crippen LogP contribution in [0.1, 0.15) is 55.2 Å². The number of rotatable bonds is 5. The topological polar surface area (TPSA) is 84.5 Å². The molecular formula is C20H26N2O4. The Kier molecular flexibility index (Phi) is 6.26. The zero-order valence-electron chi connectivity index (χ0n) is 15.0. The van der Waals surface area contributed by atoms with Crippen molar-refractivity contribution < 1.29 is 19.1 Å². The Bertz CT molecular complexity index is 680. The van der Waals surface area contributed by atoms with Crippen LogP contribution < -0.4 is 10.6 Å². The average Bonchev–Trinajstić information content (AvgIpc) is 3.12. The van der Waals surface area contributed by atoms with Crippen LogP contribution in [0.25, 0.3) is 0 Å². The molecule has 1 aromatic rings. The van der Waals surface area contributed by atoms with E-state index in [1.54, 1.807) is 0 Å². The van der Waals surface area contributed by atoms with Crippen LogP contribution in [0.3, 0.4) is 0 Å². The second-order valence-corrected chi connectivity index (χ2v) is 7.15. The van der Waals surface area contributed by atoms with Gasteiger partial charge < -0.3 is 10.1 Å². The maximum absolute atomic E-state index is 11.9. The normalized spacial score (nSPS) is 16.6. The molecule has 1 aromatic carbocycles. The molecule has 0 aromatic heterocycles. The number of hydrogen-bond donors (Lipinski definition) is 2. The molecule has 2 aliphatic rings. The molecule has 0 atom stereocenters. The lowest BCUT2D eigenvalue weighted by molar-refractivity contribution is -0.147. The van der Waals surface area contributed by atoms with Crippen LogP contribution in [0.2, 0.25) is 0 Å².